The largest absolute Gasteiger partial charge is 0.493 e. The minimum atomic E-state index is 0.491. The number of fused-ring (bicyclic) bond motifs is 1. The maximum Gasteiger partial charge on any atom is 0.162 e. The molecule has 3 nitrogen and oxygen atoms in total. The molecule has 2 atom stereocenters. The van der Waals surface area contributed by atoms with Gasteiger partial charge in [-0.3, -0.25) is 0 Å². The molecule has 0 bridgehead atoms. The van der Waals surface area contributed by atoms with Crippen LogP contribution in [0.3, 0.4) is 0 Å². The number of hydrogen-bond donors (Lipinski definition) is 0. The van der Waals surface area contributed by atoms with Crippen LogP contribution in [0.25, 0.3) is 0 Å². The fraction of sp³-hybridized carbons (Fsp3) is 0.471. The lowest BCUT2D eigenvalue weighted by atomic mass is 9.77. The van der Waals surface area contributed by atoms with Crippen molar-refractivity contribution in [1.29, 1.82) is 0 Å². The van der Waals surface area contributed by atoms with E-state index in [-0.39, 0.29) is 0 Å². The van der Waals surface area contributed by atoms with Gasteiger partial charge >= 0.3 is 0 Å². The van der Waals surface area contributed by atoms with E-state index in [1.165, 1.54) is 17.5 Å². The van der Waals surface area contributed by atoms with E-state index in [0.29, 0.717) is 12.5 Å². The smallest absolute Gasteiger partial charge is 0.162 e. The lowest BCUT2D eigenvalue weighted by Gasteiger charge is -2.29. The maximum atomic E-state index is 5.92. The van der Waals surface area contributed by atoms with Crippen LogP contribution in [-0.4, -0.2) is 12.1 Å². The molecule has 3 rings (SSSR count). The monoisotopic (exact) mass is 303 g/mol. The molecule has 2 unspecified atom stereocenters. The molecule has 1 aliphatic rings. The van der Waals surface area contributed by atoms with Gasteiger partial charge in [0, 0.05) is 5.38 Å². The summed E-state index contributed by atoms with van der Waals surface area (Å²) in [5, 5.41) is 2.01. The van der Waals surface area contributed by atoms with Gasteiger partial charge in [-0.15, -0.1) is 11.3 Å². The molecular weight excluding hydrogens is 282 g/mol. The summed E-state index contributed by atoms with van der Waals surface area (Å²) in [5.74, 6) is 2.95. The van der Waals surface area contributed by atoms with Gasteiger partial charge in [-0.1, -0.05) is 13.8 Å². The average Bonchev–Trinajstić information content (AvgIpc) is 3.01. The van der Waals surface area contributed by atoms with Crippen molar-refractivity contribution >= 4 is 11.3 Å². The zero-order chi connectivity index (χ0) is 14.8. The number of rotatable bonds is 4. The number of aryl methyl sites for hydroxylation is 1. The van der Waals surface area contributed by atoms with Gasteiger partial charge in [0.25, 0.3) is 0 Å². The molecule has 1 aromatic heterocycles. The van der Waals surface area contributed by atoms with Crippen LogP contribution in [0, 0.1) is 5.92 Å². The van der Waals surface area contributed by atoms with Gasteiger partial charge in [0.05, 0.1) is 18.3 Å². The average molecular weight is 303 g/mol. The quantitative estimate of drug-likeness (QED) is 0.838. The molecule has 0 radical (unpaired) electrons. The van der Waals surface area contributed by atoms with Crippen LogP contribution >= 0.6 is 11.3 Å². The van der Waals surface area contributed by atoms with Crippen LogP contribution in [0.15, 0.2) is 23.0 Å². The number of ether oxygens (including phenoxy) is 2. The van der Waals surface area contributed by atoms with Crippen molar-refractivity contribution in [1.82, 2.24) is 4.98 Å². The summed E-state index contributed by atoms with van der Waals surface area (Å²) >= 11 is 1.59. The number of benzene rings is 1. The second-order valence-corrected chi connectivity index (χ2v) is 6.49. The lowest BCUT2D eigenvalue weighted by molar-refractivity contribution is 0.279. The van der Waals surface area contributed by atoms with E-state index in [2.05, 4.69) is 31.0 Å². The predicted molar refractivity (Wildman–Crippen MR) is 85.3 cm³/mol. The van der Waals surface area contributed by atoms with Gasteiger partial charge in [0.2, 0.25) is 0 Å². The summed E-state index contributed by atoms with van der Waals surface area (Å²) < 4.78 is 11.4. The van der Waals surface area contributed by atoms with Gasteiger partial charge in [-0.05, 0) is 47.9 Å². The number of aromatic nitrogens is 1. The summed E-state index contributed by atoms with van der Waals surface area (Å²) in [6.45, 7) is 5.12. The Kier molecular flexibility index (Phi) is 4.15. The molecule has 1 heterocycles. The van der Waals surface area contributed by atoms with Crippen LogP contribution in [0.4, 0.5) is 0 Å². The van der Waals surface area contributed by atoms with Crippen LogP contribution in [-0.2, 0) is 13.0 Å². The highest BCUT2D eigenvalue weighted by atomic mass is 32.1. The third-order valence-electron chi connectivity index (χ3n) is 4.50. The van der Waals surface area contributed by atoms with Crippen molar-refractivity contribution in [2.45, 2.75) is 39.2 Å². The molecule has 0 N–H and O–H groups in total. The molecule has 112 valence electrons. The topological polar surface area (TPSA) is 31.4 Å². The fourth-order valence-electron chi connectivity index (χ4n) is 2.93. The van der Waals surface area contributed by atoms with Crippen LogP contribution < -0.4 is 9.47 Å². The van der Waals surface area contributed by atoms with Gasteiger partial charge in [-0.25, -0.2) is 4.98 Å². The van der Waals surface area contributed by atoms with E-state index >= 15 is 0 Å². The molecule has 0 saturated carbocycles. The Morgan fingerprint density at radius 3 is 2.86 bits per heavy atom. The molecule has 0 amide bonds. The van der Waals surface area contributed by atoms with Crippen LogP contribution in [0.2, 0.25) is 0 Å². The first kappa shape index (κ1) is 14.4. The van der Waals surface area contributed by atoms with E-state index in [1.807, 2.05) is 10.9 Å². The zero-order valence-electron chi connectivity index (χ0n) is 12.8. The van der Waals surface area contributed by atoms with Crippen molar-refractivity contribution in [3.8, 4) is 11.5 Å². The predicted octanol–water partition coefficient (Wildman–Crippen LogP) is 4.42. The summed E-state index contributed by atoms with van der Waals surface area (Å²) in [4.78, 5) is 4.25. The first-order valence-electron chi connectivity index (χ1n) is 7.39. The highest BCUT2D eigenvalue weighted by Crippen LogP contribution is 2.41. The Morgan fingerprint density at radius 1 is 1.29 bits per heavy atom. The molecule has 21 heavy (non-hydrogen) atoms. The summed E-state index contributed by atoms with van der Waals surface area (Å²) in [5.41, 5.74) is 5.59. The maximum absolute atomic E-state index is 5.92. The molecular formula is C17H21NO2S. The van der Waals surface area contributed by atoms with Crippen molar-refractivity contribution in [3.63, 3.8) is 0 Å². The Labute approximate surface area is 129 Å². The summed E-state index contributed by atoms with van der Waals surface area (Å²) in [6, 6.07) is 4.31. The van der Waals surface area contributed by atoms with E-state index in [4.69, 9.17) is 9.47 Å². The van der Waals surface area contributed by atoms with Gasteiger partial charge < -0.3 is 9.47 Å². The van der Waals surface area contributed by atoms with Crippen molar-refractivity contribution in [3.05, 3.63) is 39.8 Å². The Balaban J connectivity index is 1.87. The van der Waals surface area contributed by atoms with E-state index in [9.17, 15) is 0 Å². The van der Waals surface area contributed by atoms with Gasteiger partial charge in [0.1, 0.15) is 6.61 Å². The second kappa shape index (κ2) is 6.06. The lowest BCUT2D eigenvalue weighted by Crippen LogP contribution is -2.16. The second-order valence-electron chi connectivity index (χ2n) is 5.77. The Morgan fingerprint density at radius 2 is 2.14 bits per heavy atom. The number of thiazole rings is 1. The molecule has 4 heteroatoms. The first-order valence-corrected chi connectivity index (χ1v) is 8.34. The zero-order valence-corrected chi connectivity index (χ0v) is 13.6. The molecule has 1 aromatic carbocycles. The highest BCUT2D eigenvalue weighted by molar-refractivity contribution is 7.07. The van der Waals surface area contributed by atoms with E-state index in [0.717, 1.165) is 29.5 Å². The SMILES string of the molecule is COc1cc2c(cc1OCc1cscn1)CCC(C)C2C. The van der Waals surface area contributed by atoms with Gasteiger partial charge in [0.15, 0.2) is 11.5 Å². The minimum absolute atomic E-state index is 0.491. The molecule has 0 fully saturated rings. The fourth-order valence-corrected chi connectivity index (χ4v) is 3.47. The minimum Gasteiger partial charge on any atom is -0.493 e. The van der Waals surface area contributed by atoms with E-state index in [1.54, 1.807) is 18.4 Å². The van der Waals surface area contributed by atoms with Crippen molar-refractivity contribution in [2.24, 2.45) is 5.92 Å². The number of hydrogen-bond acceptors (Lipinski definition) is 4. The third kappa shape index (κ3) is 2.91. The highest BCUT2D eigenvalue weighted by Gasteiger charge is 2.25. The number of methoxy groups -OCH3 is 1. The summed E-state index contributed by atoms with van der Waals surface area (Å²) in [7, 11) is 1.70. The summed E-state index contributed by atoms with van der Waals surface area (Å²) in [6.07, 6.45) is 2.36. The van der Waals surface area contributed by atoms with Crippen molar-refractivity contribution < 1.29 is 9.47 Å². The third-order valence-corrected chi connectivity index (χ3v) is 5.13. The van der Waals surface area contributed by atoms with Crippen molar-refractivity contribution in [2.75, 3.05) is 7.11 Å². The molecule has 1 aliphatic carbocycles. The van der Waals surface area contributed by atoms with Crippen LogP contribution in [0.1, 0.15) is 43.0 Å². The van der Waals surface area contributed by atoms with Crippen LogP contribution in [0.5, 0.6) is 11.5 Å². The standard InChI is InChI=1S/C17H21NO2S/c1-11-4-5-13-6-17(20-8-14-9-21-10-18-14)16(19-3)7-15(13)12(11)2/h6-7,9-12H,4-5,8H2,1-3H3. The molecule has 0 aliphatic heterocycles. The Bertz CT molecular complexity index is 610. The molecule has 2 aromatic rings. The number of nitrogens with zero attached hydrogens (tertiary/aromatic N) is 1. The first-order chi connectivity index (χ1) is 10.2. The van der Waals surface area contributed by atoms with Gasteiger partial charge in [-0.2, -0.15) is 0 Å². The van der Waals surface area contributed by atoms with E-state index < -0.39 is 0 Å². The molecule has 0 spiro atoms. The Hall–Kier alpha value is -1.55. The molecule has 0 saturated heterocycles. The normalized spacial score (nSPS) is 20.9.